The van der Waals surface area contributed by atoms with Crippen LogP contribution in [-0.2, 0) is 12.0 Å². The van der Waals surface area contributed by atoms with Crippen molar-refractivity contribution >= 4 is 11.3 Å². The van der Waals surface area contributed by atoms with E-state index in [9.17, 15) is 5.11 Å². The average Bonchev–Trinajstić information content (AvgIpc) is 2.77. The third kappa shape index (κ3) is 3.75. The first kappa shape index (κ1) is 13.9. The molecular weight excluding hydrogens is 246 g/mol. The van der Waals surface area contributed by atoms with Gasteiger partial charge >= 0.3 is 0 Å². The van der Waals surface area contributed by atoms with Crippen molar-refractivity contribution in [2.45, 2.75) is 25.9 Å². The van der Waals surface area contributed by atoms with Gasteiger partial charge in [-0.2, -0.15) is 0 Å². The van der Waals surface area contributed by atoms with Gasteiger partial charge in [-0.1, -0.05) is 0 Å². The molecule has 1 aliphatic heterocycles. The van der Waals surface area contributed by atoms with E-state index < -0.39 is 5.60 Å². The number of aliphatic hydroxyl groups is 1. The number of nitrogens with zero attached hydrogens (tertiary/aromatic N) is 3. The van der Waals surface area contributed by atoms with Crippen molar-refractivity contribution in [3.63, 3.8) is 0 Å². The molecule has 0 saturated carbocycles. The molecule has 0 aromatic carbocycles. The molecule has 0 radical (unpaired) electrons. The van der Waals surface area contributed by atoms with Gasteiger partial charge in [-0.25, -0.2) is 4.98 Å². The number of thiazole rings is 1. The lowest BCUT2D eigenvalue weighted by atomic mass is 10.1. The summed E-state index contributed by atoms with van der Waals surface area (Å²) in [6, 6.07) is 0. The molecule has 2 rings (SSSR count). The first-order valence-electron chi connectivity index (χ1n) is 6.53. The number of hydrogen-bond acceptors (Lipinski definition) is 5. The second-order valence-electron chi connectivity index (χ2n) is 5.57. The molecule has 5 heteroatoms. The van der Waals surface area contributed by atoms with Crippen molar-refractivity contribution in [3.05, 3.63) is 16.1 Å². The Bertz CT molecular complexity index is 378. The van der Waals surface area contributed by atoms with Crippen molar-refractivity contribution in [2.75, 3.05) is 39.8 Å². The maximum absolute atomic E-state index is 9.90. The Hall–Kier alpha value is -0.490. The minimum Gasteiger partial charge on any atom is -0.385 e. The molecule has 1 N–H and O–H groups in total. The molecule has 0 spiro atoms. The van der Waals surface area contributed by atoms with E-state index >= 15 is 0 Å². The number of likely N-dealkylation sites (N-methyl/N-ethyl adjacent to an activating group) is 1. The van der Waals surface area contributed by atoms with E-state index in [4.69, 9.17) is 0 Å². The van der Waals surface area contributed by atoms with Crippen LogP contribution in [-0.4, -0.2) is 59.7 Å². The molecule has 1 aliphatic rings. The van der Waals surface area contributed by atoms with Gasteiger partial charge < -0.3 is 14.9 Å². The van der Waals surface area contributed by atoms with Gasteiger partial charge in [-0.15, -0.1) is 11.3 Å². The predicted octanol–water partition coefficient (Wildman–Crippen LogP) is 1.16. The summed E-state index contributed by atoms with van der Waals surface area (Å²) in [5.41, 5.74) is -0.760. The Morgan fingerprint density at radius 3 is 2.56 bits per heavy atom. The minimum absolute atomic E-state index is 0.760. The normalized spacial score (nSPS) is 19.3. The Kier molecular flexibility index (Phi) is 4.37. The van der Waals surface area contributed by atoms with Gasteiger partial charge in [-0.3, -0.25) is 0 Å². The molecular formula is C13H23N3OS. The van der Waals surface area contributed by atoms with E-state index in [0.717, 1.165) is 49.0 Å². The third-order valence-electron chi connectivity index (χ3n) is 3.39. The molecule has 102 valence electrons. The van der Waals surface area contributed by atoms with Crippen LogP contribution in [0.15, 0.2) is 6.20 Å². The van der Waals surface area contributed by atoms with Crippen LogP contribution in [0.5, 0.6) is 0 Å². The number of rotatable bonds is 4. The van der Waals surface area contributed by atoms with E-state index in [-0.39, 0.29) is 0 Å². The van der Waals surface area contributed by atoms with Gasteiger partial charge in [0, 0.05) is 45.3 Å². The standard InChI is InChI=1S/C13H23N3OS/c1-13(2,17)11-10-14-12(18-11)4-5-16-8-6-15(3)7-9-16/h10,17H,4-9H2,1-3H3. The van der Waals surface area contributed by atoms with Gasteiger partial charge in [0.15, 0.2) is 0 Å². The average molecular weight is 269 g/mol. The molecule has 4 nitrogen and oxygen atoms in total. The summed E-state index contributed by atoms with van der Waals surface area (Å²) in [6.07, 6.45) is 2.80. The highest BCUT2D eigenvalue weighted by Crippen LogP contribution is 2.25. The predicted molar refractivity (Wildman–Crippen MR) is 75.0 cm³/mol. The zero-order valence-electron chi connectivity index (χ0n) is 11.5. The second kappa shape index (κ2) is 5.65. The summed E-state index contributed by atoms with van der Waals surface area (Å²) in [6.45, 7) is 9.32. The summed E-state index contributed by atoms with van der Waals surface area (Å²) in [5, 5.41) is 11.0. The highest BCUT2D eigenvalue weighted by atomic mass is 32.1. The lowest BCUT2D eigenvalue weighted by Crippen LogP contribution is -2.45. The molecule has 0 atom stereocenters. The molecule has 0 unspecified atom stereocenters. The van der Waals surface area contributed by atoms with E-state index in [1.807, 2.05) is 20.0 Å². The van der Waals surface area contributed by atoms with E-state index in [2.05, 4.69) is 21.8 Å². The van der Waals surface area contributed by atoms with Crippen LogP contribution in [0.4, 0.5) is 0 Å². The number of piperazine rings is 1. The molecule has 18 heavy (non-hydrogen) atoms. The van der Waals surface area contributed by atoms with Gasteiger partial charge in [0.05, 0.1) is 15.5 Å². The number of hydrogen-bond donors (Lipinski definition) is 1. The van der Waals surface area contributed by atoms with Crippen LogP contribution < -0.4 is 0 Å². The Balaban J connectivity index is 1.82. The SMILES string of the molecule is CN1CCN(CCc2ncc(C(C)(C)O)s2)CC1. The van der Waals surface area contributed by atoms with E-state index in [0.29, 0.717) is 0 Å². The van der Waals surface area contributed by atoms with Crippen LogP contribution in [0.1, 0.15) is 23.7 Å². The number of aromatic nitrogens is 1. The fourth-order valence-electron chi connectivity index (χ4n) is 2.03. The largest absolute Gasteiger partial charge is 0.385 e. The lowest BCUT2D eigenvalue weighted by Gasteiger charge is -2.32. The Morgan fingerprint density at radius 2 is 2.00 bits per heavy atom. The highest BCUT2D eigenvalue weighted by Gasteiger charge is 2.20. The first-order valence-corrected chi connectivity index (χ1v) is 7.35. The lowest BCUT2D eigenvalue weighted by molar-refractivity contribution is 0.0823. The third-order valence-corrected chi connectivity index (χ3v) is 4.76. The Morgan fingerprint density at radius 1 is 1.33 bits per heavy atom. The maximum Gasteiger partial charge on any atom is 0.0948 e. The molecule has 0 aliphatic carbocycles. The fourth-order valence-corrected chi connectivity index (χ4v) is 2.94. The monoisotopic (exact) mass is 269 g/mol. The summed E-state index contributed by atoms with van der Waals surface area (Å²) in [4.78, 5) is 10.2. The van der Waals surface area contributed by atoms with E-state index in [1.54, 1.807) is 11.3 Å². The Labute approximate surface area is 113 Å². The molecule has 1 saturated heterocycles. The summed E-state index contributed by atoms with van der Waals surface area (Å²) in [7, 11) is 2.17. The highest BCUT2D eigenvalue weighted by molar-refractivity contribution is 7.11. The van der Waals surface area contributed by atoms with Crippen LogP contribution >= 0.6 is 11.3 Å². The summed E-state index contributed by atoms with van der Waals surface area (Å²) >= 11 is 1.63. The minimum atomic E-state index is -0.760. The second-order valence-corrected chi connectivity index (χ2v) is 6.69. The molecule has 2 heterocycles. The van der Waals surface area contributed by atoms with Gasteiger partial charge in [0.1, 0.15) is 0 Å². The smallest absolute Gasteiger partial charge is 0.0948 e. The molecule has 1 aromatic heterocycles. The quantitative estimate of drug-likeness (QED) is 0.890. The van der Waals surface area contributed by atoms with Crippen molar-refractivity contribution in [1.29, 1.82) is 0 Å². The van der Waals surface area contributed by atoms with Crippen LogP contribution in [0.3, 0.4) is 0 Å². The van der Waals surface area contributed by atoms with Crippen molar-refractivity contribution in [2.24, 2.45) is 0 Å². The van der Waals surface area contributed by atoms with Crippen LogP contribution in [0.2, 0.25) is 0 Å². The molecule has 1 fully saturated rings. The first-order chi connectivity index (χ1) is 8.45. The molecule has 0 bridgehead atoms. The van der Waals surface area contributed by atoms with Crippen LogP contribution in [0, 0.1) is 0 Å². The van der Waals surface area contributed by atoms with Gasteiger partial charge in [-0.05, 0) is 20.9 Å². The topological polar surface area (TPSA) is 39.6 Å². The van der Waals surface area contributed by atoms with Gasteiger partial charge in [0.25, 0.3) is 0 Å². The van der Waals surface area contributed by atoms with Crippen molar-refractivity contribution in [1.82, 2.24) is 14.8 Å². The van der Waals surface area contributed by atoms with Gasteiger partial charge in [0.2, 0.25) is 0 Å². The summed E-state index contributed by atoms with van der Waals surface area (Å²) < 4.78 is 0. The maximum atomic E-state index is 9.90. The van der Waals surface area contributed by atoms with Crippen molar-refractivity contribution < 1.29 is 5.11 Å². The molecule has 0 amide bonds. The zero-order valence-corrected chi connectivity index (χ0v) is 12.3. The van der Waals surface area contributed by atoms with E-state index in [1.165, 1.54) is 0 Å². The van der Waals surface area contributed by atoms with Crippen molar-refractivity contribution in [3.8, 4) is 0 Å². The summed E-state index contributed by atoms with van der Waals surface area (Å²) in [5.74, 6) is 0. The van der Waals surface area contributed by atoms with Crippen LogP contribution in [0.25, 0.3) is 0 Å². The fraction of sp³-hybridized carbons (Fsp3) is 0.769. The zero-order chi connectivity index (χ0) is 13.2. The molecule has 1 aromatic rings.